The Kier molecular flexibility index (Phi) is 30.1. The normalized spacial score (nSPS) is 13.8. The molecule has 0 aliphatic rings. The van der Waals surface area contributed by atoms with E-state index >= 15 is 9.59 Å². The standard InChI is InChI=1S/C90H122N4O8Si4/c1-71(100-104(88(7,8)9,76-48-28-18-29-49-76)77-50-30-19-31-51-77)66-83(96)91-60-42-64-93(85(98)68-73(3)102-106(90(13,14)15,80-56-36-22-37-57-80)81-58-38-23-39-59-81)62-40-41-63-94(86(99)69-82(70-95)103(87(4,5)6,74-44-24-16-25-45-74)75-46-26-17-27-47-75)65-43-61-92-84(97)67-72(2)101-105(89(10,11)12,78-52-32-20-33-53-78)79-54-34-21-35-55-79/h16-39,44-59,71-73,82,95H,40-43,60-70H2,1-15H3,(H,91,96)(H,92,97)/t71-,72-,73-,82-/m1/s1. The molecule has 16 heteroatoms. The van der Waals surface area contributed by atoms with E-state index in [1.54, 1.807) is 0 Å². The van der Waals surface area contributed by atoms with Crippen LogP contribution < -0.4 is 52.1 Å². The van der Waals surface area contributed by atoms with Crippen LogP contribution in [0, 0.1) is 0 Å². The van der Waals surface area contributed by atoms with Gasteiger partial charge in [0.1, 0.15) is 8.07 Å². The van der Waals surface area contributed by atoms with Crippen LogP contribution in [0.3, 0.4) is 0 Å². The summed E-state index contributed by atoms with van der Waals surface area (Å²) in [7, 11) is -11.9. The van der Waals surface area contributed by atoms with Gasteiger partial charge in [-0.1, -0.05) is 336 Å². The van der Waals surface area contributed by atoms with Crippen molar-refractivity contribution in [1.82, 2.24) is 20.4 Å². The molecule has 0 heterocycles. The summed E-state index contributed by atoms with van der Waals surface area (Å²) in [6.07, 6.45) is 1.50. The number of benzene rings is 8. The smallest absolute Gasteiger partial charge is 0.261 e. The summed E-state index contributed by atoms with van der Waals surface area (Å²) in [5, 5.41) is 26.3. The Bertz CT molecular complexity index is 3810. The van der Waals surface area contributed by atoms with Crippen molar-refractivity contribution in [2.75, 3.05) is 45.9 Å². The molecule has 4 atom stereocenters. The maximum atomic E-state index is 15.6. The second-order valence-corrected chi connectivity index (χ2v) is 51.0. The van der Waals surface area contributed by atoms with Crippen molar-refractivity contribution in [2.45, 2.75) is 199 Å². The van der Waals surface area contributed by atoms with Gasteiger partial charge in [-0.25, -0.2) is 0 Å². The monoisotopic (exact) mass is 1500 g/mol. The van der Waals surface area contributed by atoms with Crippen molar-refractivity contribution < 1.29 is 37.6 Å². The van der Waals surface area contributed by atoms with Crippen molar-refractivity contribution in [1.29, 1.82) is 0 Å². The van der Waals surface area contributed by atoms with Gasteiger partial charge in [-0.3, -0.25) is 19.2 Å². The maximum Gasteiger partial charge on any atom is 0.261 e. The van der Waals surface area contributed by atoms with Gasteiger partial charge in [0.15, 0.2) is 0 Å². The minimum absolute atomic E-state index is 0.0462. The van der Waals surface area contributed by atoms with Gasteiger partial charge < -0.3 is 38.8 Å². The average Bonchev–Trinajstić information content (AvgIpc) is 0.715. The van der Waals surface area contributed by atoms with E-state index in [4.69, 9.17) is 13.3 Å². The first kappa shape index (κ1) is 84.0. The van der Waals surface area contributed by atoms with Crippen molar-refractivity contribution >= 4 is 98.1 Å². The molecule has 4 amide bonds. The lowest BCUT2D eigenvalue weighted by Gasteiger charge is -2.49. The second kappa shape index (κ2) is 37.9. The Balaban J connectivity index is 1.02. The second-order valence-electron chi connectivity index (χ2n) is 33.1. The first-order chi connectivity index (χ1) is 50.5. The lowest BCUT2D eigenvalue weighted by atomic mass is 10.2. The quantitative estimate of drug-likeness (QED) is 0.0258. The molecule has 0 aromatic heterocycles. The molecular weight excluding hydrogens is 1380 g/mol. The van der Waals surface area contributed by atoms with Gasteiger partial charge in [-0.05, 0) is 103 Å². The highest BCUT2D eigenvalue weighted by Crippen LogP contribution is 2.46. The zero-order valence-electron chi connectivity index (χ0n) is 66.2. The largest absolute Gasteiger partial charge is 0.404 e. The SMILES string of the molecule is C[C@H](CC(=O)NCCCN(CCCCN(CCCNC(=O)C[C@@H](C)O[Si](c1ccccc1)(c1ccccc1)C(C)(C)C)C(=O)C[C@@H](C)O[Si](c1ccccc1)(c1ccccc1)C(C)(C)C)C(=O)C[C@H](CO)[Si](c1ccccc1)(c1ccccc1)C(C)(C)C)O[Si](c1ccccc1)(c1ccccc1)C(C)(C)C. The van der Waals surface area contributed by atoms with Crippen LogP contribution in [0.1, 0.15) is 155 Å². The summed E-state index contributed by atoms with van der Waals surface area (Å²) in [5.74, 6) is -0.348. The fourth-order valence-corrected chi connectivity index (χ4v) is 37.2. The van der Waals surface area contributed by atoms with E-state index in [1.165, 1.54) is 0 Å². The first-order valence-electron chi connectivity index (χ1n) is 38.6. The first-order valence-corrected chi connectivity index (χ1v) is 46.4. The van der Waals surface area contributed by atoms with Gasteiger partial charge in [-0.15, -0.1) is 0 Å². The third-order valence-electron chi connectivity index (χ3n) is 21.4. The van der Waals surface area contributed by atoms with E-state index in [0.717, 1.165) is 41.5 Å². The van der Waals surface area contributed by atoms with Crippen LogP contribution in [-0.4, -0.2) is 136 Å². The molecule has 8 rings (SSSR count). The van der Waals surface area contributed by atoms with E-state index in [9.17, 15) is 14.7 Å². The topological polar surface area (TPSA) is 147 Å². The predicted octanol–water partition coefficient (Wildman–Crippen LogP) is 13.3. The van der Waals surface area contributed by atoms with Crippen molar-refractivity contribution in [3.63, 3.8) is 0 Å². The van der Waals surface area contributed by atoms with E-state index in [2.05, 4.69) is 288 Å². The molecule has 0 radical (unpaired) electrons. The number of carbonyl (C=O) groups is 4. The van der Waals surface area contributed by atoms with Gasteiger partial charge in [0, 0.05) is 52.3 Å². The Labute approximate surface area is 639 Å². The van der Waals surface area contributed by atoms with Crippen LogP contribution in [0.15, 0.2) is 243 Å². The van der Waals surface area contributed by atoms with Gasteiger partial charge in [0.2, 0.25) is 23.6 Å². The lowest BCUT2D eigenvalue weighted by molar-refractivity contribution is -0.134. The molecule has 8 aromatic carbocycles. The number of nitrogens with zero attached hydrogens (tertiary/aromatic N) is 2. The number of nitrogens with one attached hydrogen (secondary N) is 2. The number of carbonyl (C=O) groups excluding carboxylic acids is 4. The Morgan fingerprint density at radius 3 is 0.792 bits per heavy atom. The minimum Gasteiger partial charge on any atom is -0.404 e. The van der Waals surface area contributed by atoms with Crippen molar-refractivity contribution in [2.24, 2.45) is 0 Å². The van der Waals surface area contributed by atoms with Gasteiger partial charge in [0.25, 0.3) is 25.0 Å². The number of amides is 4. The molecule has 106 heavy (non-hydrogen) atoms. The summed E-state index contributed by atoms with van der Waals surface area (Å²) in [6.45, 7) is 35.0. The molecular formula is C90H122N4O8Si4. The summed E-state index contributed by atoms with van der Waals surface area (Å²) in [6, 6.07) is 83.9. The number of rotatable bonds is 37. The molecule has 12 nitrogen and oxygen atoms in total. The number of hydrogen-bond donors (Lipinski definition) is 3. The highest BCUT2D eigenvalue weighted by molar-refractivity contribution is 7.05. The Hall–Kier alpha value is -7.65. The van der Waals surface area contributed by atoms with Crippen LogP contribution in [0.25, 0.3) is 0 Å². The average molecular weight is 1500 g/mol. The third kappa shape index (κ3) is 20.2. The summed E-state index contributed by atoms with van der Waals surface area (Å²) in [4.78, 5) is 62.9. The fourth-order valence-electron chi connectivity index (χ4n) is 16.7. The van der Waals surface area contributed by atoms with E-state index in [-0.39, 0.29) is 81.6 Å². The summed E-state index contributed by atoms with van der Waals surface area (Å²) in [5.41, 5.74) is -0.385. The van der Waals surface area contributed by atoms with E-state index in [1.807, 2.05) is 79.1 Å². The zero-order chi connectivity index (χ0) is 76.8. The third-order valence-corrected chi connectivity index (χ3v) is 43.3. The van der Waals surface area contributed by atoms with Crippen molar-refractivity contribution in [3.05, 3.63) is 243 Å². The summed E-state index contributed by atoms with van der Waals surface area (Å²) >= 11 is 0. The van der Waals surface area contributed by atoms with Crippen LogP contribution in [0.4, 0.5) is 0 Å². The molecule has 8 aromatic rings. The van der Waals surface area contributed by atoms with E-state index in [0.29, 0.717) is 65.0 Å². The molecule has 3 N–H and O–H groups in total. The molecule has 0 saturated carbocycles. The number of aliphatic hydroxyl groups is 1. The molecule has 0 fully saturated rings. The molecule has 0 aliphatic heterocycles. The zero-order valence-corrected chi connectivity index (χ0v) is 70.2. The Morgan fingerprint density at radius 2 is 0.557 bits per heavy atom. The van der Waals surface area contributed by atoms with Crippen LogP contribution in [0.5, 0.6) is 0 Å². The highest BCUT2D eigenvalue weighted by Gasteiger charge is 2.56. The molecule has 0 saturated heterocycles. The predicted molar refractivity (Wildman–Crippen MR) is 449 cm³/mol. The van der Waals surface area contributed by atoms with Crippen LogP contribution >= 0.6 is 0 Å². The molecule has 0 unspecified atom stereocenters. The van der Waals surface area contributed by atoms with Gasteiger partial charge >= 0.3 is 0 Å². The highest BCUT2D eigenvalue weighted by atomic mass is 28.4. The lowest BCUT2D eigenvalue weighted by Crippen LogP contribution is -2.68. The van der Waals surface area contributed by atoms with Gasteiger partial charge in [0.05, 0.1) is 37.6 Å². The molecule has 566 valence electrons. The molecule has 0 bridgehead atoms. The van der Waals surface area contributed by atoms with Crippen LogP contribution in [0.2, 0.25) is 25.7 Å². The van der Waals surface area contributed by atoms with Crippen molar-refractivity contribution in [3.8, 4) is 0 Å². The minimum atomic E-state index is -3.04. The maximum absolute atomic E-state index is 15.6. The fraction of sp³-hybridized carbons (Fsp3) is 0.422. The van der Waals surface area contributed by atoms with Gasteiger partial charge in [-0.2, -0.15) is 0 Å². The molecule has 0 aliphatic carbocycles. The van der Waals surface area contributed by atoms with E-state index < -0.39 is 51.3 Å². The Morgan fingerprint density at radius 1 is 0.330 bits per heavy atom. The number of unbranched alkanes of at least 4 members (excludes halogenated alkanes) is 1. The number of aliphatic hydroxyl groups excluding tert-OH is 1. The van der Waals surface area contributed by atoms with Crippen LogP contribution in [-0.2, 0) is 32.5 Å². The summed E-state index contributed by atoms with van der Waals surface area (Å²) < 4.78 is 22.1. The number of hydrogen-bond acceptors (Lipinski definition) is 8. The molecule has 0 spiro atoms.